The third-order valence-electron chi connectivity index (χ3n) is 4.22. The number of rotatable bonds is 6. The van der Waals surface area contributed by atoms with Crippen LogP contribution in [-0.4, -0.2) is 41.1 Å². The maximum Gasteiger partial charge on any atom is 0.323 e. The number of hydrogen-bond donors (Lipinski definition) is 2. The molecule has 0 atom stereocenters. The number of amides is 2. The average molecular weight is 270 g/mol. The van der Waals surface area contributed by atoms with Crippen LogP contribution in [0.1, 0.15) is 52.9 Å². The molecule has 0 saturated heterocycles. The van der Waals surface area contributed by atoms with Gasteiger partial charge in [0, 0.05) is 12.6 Å². The van der Waals surface area contributed by atoms with Gasteiger partial charge in [-0.25, -0.2) is 4.79 Å². The second kappa shape index (κ2) is 6.78. The molecule has 110 valence electrons. The molecule has 5 heteroatoms. The van der Waals surface area contributed by atoms with Crippen molar-refractivity contribution in [3.63, 3.8) is 0 Å². The highest BCUT2D eigenvalue weighted by molar-refractivity contribution is 5.80. The highest BCUT2D eigenvalue weighted by Gasteiger charge is 2.33. The zero-order valence-electron chi connectivity index (χ0n) is 12.2. The second-order valence-electron chi connectivity index (χ2n) is 5.83. The Bertz CT molecular complexity index is 323. The Morgan fingerprint density at radius 1 is 1.32 bits per heavy atom. The first-order valence-corrected chi connectivity index (χ1v) is 7.16. The van der Waals surface area contributed by atoms with Crippen LogP contribution >= 0.6 is 0 Å². The van der Waals surface area contributed by atoms with Crippen LogP contribution in [0, 0.1) is 5.41 Å². The Hall–Kier alpha value is -1.26. The molecular weight excluding hydrogens is 244 g/mol. The van der Waals surface area contributed by atoms with E-state index < -0.39 is 5.97 Å². The van der Waals surface area contributed by atoms with Gasteiger partial charge in [0.05, 0.1) is 0 Å². The standard InChI is InChI=1S/C14H26N2O3/c1-4-14(7-5-6-8-14)10-15-13(19)16(11(2)3)9-12(17)18/h11H,4-10H2,1-3H3,(H,15,19)(H,17,18). The van der Waals surface area contributed by atoms with E-state index in [1.54, 1.807) is 0 Å². The molecule has 1 aliphatic carbocycles. The quantitative estimate of drug-likeness (QED) is 0.779. The minimum absolute atomic E-state index is 0.114. The summed E-state index contributed by atoms with van der Waals surface area (Å²) in [4.78, 5) is 24.2. The summed E-state index contributed by atoms with van der Waals surface area (Å²) < 4.78 is 0. The van der Waals surface area contributed by atoms with Crippen LogP contribution < -0.4 is 5.32 Å². The molecule has 0 spiro atoms. The smallest absolute Gasteiger partial charge is 0.323 e. The SMILES string of the molecule is CCC1(CNC(=O)N(CC(=O)O)C(C)C)CCCC1. The molecule has 0 aromatic carbocycles. The summed E-state index contributed by atoms with van der Waals surface area (Å²) in [5.74, 6) is -0.977. The van der Waals surface area contributed by atoms with Gasteiger partial charge < -0.3 is 15.3 Å². The van der Waals surface area contributed by atoms with Crippen LogP contribution in [-0.2, 0) is 4.79 Å². The Morgan fingerprint density at radius 3 is 2.32 bits per heavy atom. The first-order chi connectivity index (χ1) is 8.90. The first-order valence-electron chi connectivity index (χ1n) is 7.16. The lowest BCUT2D eigenvalue weighted by atomic mass is 9.83. The molecule has 0 bridgehead atoms. The first kappa shape index (κ1) is 15.8. The van der Waals surface area contributed by atoms with Crippen LogP contribution in [0.3, 0.4) is 0 Å². The summed E-state index contributed by atoms with van der Waals surface area (Å²) in [6.45, 7) is 6.23. The average Bonchev–Trinajstić information content (AvgIpc) is 2.82. The number of carboxylic acids is 1. The molecule has 2 amide bonds. The molecule has 0 heterocycles. The zero-order chi connectivity index (χ0) is 14.5. The molecule has 0 unspecified atom stereocenters. The molecule has 0 aromatic rings. The molecule has 19 heavy (non-hydrogen) atoms. The van der Waals surface area contributed by atoms with E-state index in [4.69, 9.17) is 5.11 Å². The number of carbonyl (C=O) groups is 2. The van der Waals surface area contributed by atoms with Gasteiger partial charge in [-0.2, -0.15) is 0 Å². The number of nitrogens with zero attached hydrogens (tertiary/aromatic N) is 1. The molecular formula is C14H26N2O3. The molecule has 0 radical (unpaired) electrons. The van der Waals surface area contributed by atoms with Crippen LogP contribution in [0.4, 0.5) is 4.79 Å². The Labute approximate surface area is 115 Å². The number of nitrogens with one attached hydrogen (secondary N) is 1. The van der Waals surface area contributed by atoms with Gasteiger partial charge in [-0.05, 0) is 38.5 Å². The number of urea groups is 1. The largest absolute Gasteiger partial charge is 0.480 e. The number of carbonyl (C=O) groups excluding carboxylic acids is 1. The number of aliphatic carboxylic acids is 1. The molecule has 1 aliphatic rings. The molecule has 0 aromatic heterocycles. The zero-order valence-corrected chi connectivity index (χ0v) is 12.2. The molecule has 1 fully saturated rings. The van der Waals surface area contributed by atoms with Crippen molar-refractivity contribution >= 4 is 12.0 Å². The van der Waals surface area contributed by atoms with Gasteiger partial charge in [0.1, 0.15) is 6.54 Å². The fourth-order valence-corrected chi connectivity index (χ4v) is 2.78. The summed E-state index contributed by atoms with van der Waals surface area (Å²) in [7, 11) is 0. The maximum atomic E-state index is 12.1. The van der Waals surface area contributed by atoms with Gasteiger partial charge in [-0.1, -0.05) is 19.8 Å². The maximum absolute atomic E-state index is 12.1. The van der Waals surface area contributed by atoms with Crippen molar-refractivity contribution in [3.8, 4) is 0 Å². The van der Waals surface area contributed by atoms with Crippen molar-refractivity contribution < 1.29 is 14.7 Å². The van der Waals surface area contributed by atoms with E-state index in [2.05, 4.69) is 12.2 Å². The van der Waals surface area contributed by atoms with E-state index in [0.29, 0.717) is 6.54 Å². The second-order valence-corrected chi connectivity index (χ2v) is 5.83. The van der Waals surface area contributed by atoms with Crippen molar-refractivity contribution in [2.75, 3.05) is 13.1 Å². The molecule has 0 aliphatic heterocycles. The highest BCUT2D eigenvalue weighted by Crippen LogP contribution is 2.40. The predicted molar refractivity (Wildman–Crippen MR) is 74.1 cm³/mol. The summed E-state index contributed by atoms with van der Waals surface area (Å²) in [6, 6.07) is -0.380. The van der Waals surface area contributed by atoms with Crippen molar-refractivity contribution in [1.29, 1.82) is 0 Å². The predicted octanol–water partition coefficient (Wildman–Crippen LogP) is 2.46. The lowest BCUT2D eigenvalue weighted by Gasteiger charge is -2.31. The van der Waals surface area contributed by atoms with Gasteiger partial charge in [-0.15, -0.1) is 0 Å². The van der Waals surface area contributed by atoms with E-state index in [1.807, 2.05) is 13.8 Å². The van der Waals surface area contributed by atoms with Crippen LogP contribution in [0.15, 0.2) is 0 Å². The minimum atomic E-state index is -0.977. The summed E-state index contributed by atoms with van der Waals surface area (Å²) >= 11 is 0. The monoisotopic (exact) mass is 270 g/mol. The Kier molecular flexibility index (Phi) is 5.63. The van der Waals surface area contributed by atoms with Gasteiger partial charge >= 0.3 is 12.0 Å². The van der Waals surface area contributed by atoms with E-state index in [1.165, 1.54) is 17.7 Å². The van der Waals surface area contributed by atoms with Crippen molar-refractivity contribution in [3.05, 3.63) is 0 Å². The molecule has 1 saturated carbocycles. The van der Waals surface area contributed by atoms with Gasteiger partial charge in [-0.3, -0.25) is 4.79 Å². The Balaban J connectivity index is 2.54. The van der Waals surface area contributed by atoms with Gasteiger partial charge in [0.15, 0.2) is 0 Å². The third kappa shape index (κ3) is 4.40. The summed E-state index contributed by atoms with van der Waals surface area (Å²) in [5, 5.41) is 11.8. The van der Waals surface area contributed by atoms with Crippen LogP contribution in [0.2, 0.25) is 0 Å². The molecule has 5 nitrogen and oxygen atoms in total. The minimum Gasteiger partial charge on any atom is -0.480 e. The van der Waals surface area contributed by atoms with Crippen molar-refractivity contribution in [1.82, 2.24) is 10.2 Å². The van der Waals surface area contributed by atoms with Crippen molar-refractivity contribution in [2.24, 2.45) is 5.41 Å². The number of carboxylic acid groups (broad SMARTS) is 1. The lowest BCUT2D eigenvalue weighted by Crippen LogP contribution is -2.48. The van der Waals surface area contributed by atoms with E-state index >= 15 is 0 Å². The fraction of sp³-hybridized carbons (Fsp3) is 0.857. The normalized spacial score (nSPS) is 17.5. The van der Waals surface area contributed by atoms with E-state index in [9.17, 15) is 9.59 Å². The van der Waals surface area contributed by atoms with Gasteiger partial charge in [0.2, 0.25) is 0 Å². The van der Waals surface area contributed by atoms with Crippen LogP contribution in [0.25, 0.3) is 0 Å². The summed E-state index contributed by atoms with van der Waals surface area (Å²) in [5.41, 5.74) is 0.224. The topological polar surface area (TPSA) is 69.6 Å². The number of hydrogen-bond acceptors (Lipinski definition) is 2. The van der Waals surface area contributed by atoms with Crippen molar-refractivity contribution in [2.45, 2.75) is 58.9 Å². The summed E-state index contributed by atoms with van der Waals surface area (Å²) in [6.07, 6.45) is 5.84. The Morgan fingerprint density at radius 2 is 1.89 bits per heavy atom. The lowest BCUT2D eigenvalue weighted by molar-refractivity contribution is -0.138. The van der Waals surface area contributed by atoms with Gasteiger partial charge in [0.25, 0.3) is 0 Å². The van der Waals surface area contributed by atoms with Crippen LogP contribution in [0.5, 0.6) is 0 Å². The molecule has 2 N–H and O–H groups in total. The third-order valence-corrected chi connectivity index (χ3v) is 4.22. The highest BCUT2D eigenvalue weighted by atomic mass is 16.4. The van der Waals surface area contributed by atoms with E-state index in [-0.39, 0.29) is 24.0 Å². The molecule has 1 rings (SSSR count). The van der Waals surface area contributed by atoms with E-state index in [0.717, 1.165) is 19.3 Å². The fourth-order valence-electron chi connectivity index (χ4n) is 2.78.